The van der Waals surface area contributed by atoms with E-state index in [1.807, 2.05) is 32.0 Å². The lowest BCUT2D eigenvalue weighted by Crippen LogP contribution is -2.23. The van der Waals surface area contributed by atoms with E-state index in [2.05, 4.69) is 17.0 Å². The number of aromatic nitrogens is 1. The van der Waals surface area contributed by atoms with Crippen molar-refractivity contribution >= 4 is 0 Å². The molecule has 1 aromatic carbocycles. The third-order valence-corrected chi connectivity index (χ3v) is 4.76. The molecule has 3 rings (SSSR count). The molecule has 0 saturated carbocycles. The Kier molecular flexibility index (Phi) is 5.09. The van der Waals surface area contributed by atoms with Crippen LogP contribution in [-0.2, 0) is 13.0 Å². The maximum Gasteiger partial charge on any atom is 0.162 e. The number of aromatic hydroxyl groups is 1. The summed E-state index contributed by atoms with van der Waals surface area (Å²) < 4.78 is 11.0. The molecule has 0 amide bonds. The van der Waals surface area contributed by atoms with E-state index >= 15 is 0 Å². The molecule has 1 aliphatic rings. The first-order valence-electron chi connectivity index (χ1n) is 8.78. The molecule has 1 saturated heterocycles. The molecule has 2 heterocycles. The van der Waals surface area contributed by atoms with Gasteiger partial charge in [-0.1, -0.05) is 24.2 Å². The Labute approximate surface area is 143 Å². The highest BCUT2D eigenvalue weighted by Crippen LogP contribution is 2.39. The van der Waals surface area contributed by atoms with Crippen molar-refractivity contribution in [2.24, 2.45) is 0 Å². The van der Waals surface area contributed by atoms with E-state index in [4.69, 9.17) is 9.26 Å². The predicted molar refractivity (Wildman–Crippen MR) is 92.3 cm³/mol. The van der Waals surface area contributed by atoms with Crippen LogP contribution in [0.2, 0.25) is 0 Å². The van der Waals surface area contributed by atoms with Crippen molar-refractivity contribution in [2.45, 2.75) is 52.6 Å². The second kappa shape index (κ2) is 7.26. The van der Waals surface area contributed by atoms with Gasteiger partial charge in [-0.3, -0.25) is 4.90 Å². The van der Waals surface area contributed by atoms with E-state index in [-0.39, 0.29) is 5.75 Å². The maximum atomic E-state index is 10.5. The van der Waals surface area contributed by atoms with Crippen LogP contribution in [0.25, 0.3) is 0 Å². The Hall–Kier alpha value is -2.01. The molecule has 0 unspecified atom stereocenters. The average molecular weight is 330 g/mol. The van der Waals surface area contributed by atoms with Gasteiger partial charge in [0.25, 0.3) is 0 Å². The van der Waals surface area contributed by atoms with E-state index in [9.17, 15) is 5.11 Å². The fraction of sp³-hybridized carbons (Fsp3) is 0.526. The Bertz CT molecular complexity index is 696. The first-order chi connectivity index (χ1) is 11.7. The molecule has 1 aliphatic heterocycles. The van der Waals surface area contributed by atoms with Crippen molar-refractivity contribution in [1.82, 2.24) is 10.1 Å². The third-order valence-electron chi connectivity index (χ3n) is 4.76. The fourth-order valence-electron chi connectivity index (χ4n) is 3.63. The normalized spacial score (nSPS) is 18.2. The van der Waals surface area contributed by atoms with Crippen LogP contribution in [0.3, 0.4) is 0 Å². The molecule has 1 fully saturated rings. The zero-order valence-electron chi connectivity index (χ0n) is 14.7. The minimum Gasteiger partial charge on any atom is -0.504 e. The SMILES string of the molecule is CCOc1cccc(CN2CCC[C@@H]2c2c(C)noc2CC)c1O. The summed E-state index contributed by atoms with van der Waals surface area (Å²) in [4.78, 5) is 2.41. The van der Waals surface area contributed by atoms with Gasteiger partial charge in [0.05, 0.1) is 12.3 Å². The van der Waals surface area contributed by atoms with Gasteiger partial charge < -0.3 is 14.4 Å². The molecular formula is C19H26N2O3. The van der Waals surface area contributed by atoms with Gasteiger partial charge >= 0.3 is 0 Å². The molecule has 1 aromatic heterocycles. The molecule has 0 radical (unpaired) electrons. The Morgan fingerprint density at radius 1 is 1.38 bits per heavy atom. The Morgan fingerprint density at radius 3 is 2.96 bits per heavy atom. The van der Waals surface area contributed by atoms with Crippen molar-refractivity contribution in [3.63, 3.8) is 0 Å². The minimum atomic E-state index is 0.253. The number of phenols is 1. The summed E-state index contributed by atoms with van der Waals surface area (Å²) in [7, 11) is 0. The molecule has 0 aliphatic carbocycles. The van der Waals surface area contributed by atoms with E-state index in [1.165, 1.54) is 5.56 Å². The van der Waals surface area contributed by atoms with Crippen molar-refractivity contribution in [3.05, 3.63) is 40.8 Å². The molecular weight excluding hydrogens is 304 g/mol. The zero-order chi connectivity index (χ0) is 17.1. The molecule has 2 aromatic rings. The number of hydrogen-bond acceptors (Lipinski definition) is 5. The monoisotopic (exact) mass is 330 g/mol. The number of rotatable bonds is 6. The quantitative estimate of drug-likeness (QED) is 0.868. The Morgan fingerprint density at radius 2 is 2.21 bits per heavy atom. The average Bonchev–Trinajstić information content (AvgIpc) is 3.17. The standard InChI is InChI=1S/C19H26N2O3/c1-4-16-18(13(3)20-24-16)15-9-7-11-21(15)12-14-8-6-10-17(19(14)22)23-5-2/h6,8,10,15,22H,4-5,7,9,11-12H2,1-3H3/t15-/m1/s1. The van der Waals surface area contributed by atoms with Gasteiger partial charge in [-0.2, -0.15) is 0 Å². The van der Waals surface area contributed by atoms with Gasteiger partial charge in [0.2, 0.25) is 0 Å². The second-order valence-electron chi connectivity index (χ2n) is 6.28. The number of para-hydroxylation sites is 1. The van der Waals surface area contributed by atoms with Gasteiger partial charge in [-0.05, 0) is 39.3 Å². The van der Waals surface area contributed by atoms with Crippen LogP contribution in [0.15, 0.2) is 22.7 Å². The summed E-state index contributed by atoms with van der Waals surface area (Å²) in [6.07, 6.45) is 3.09. The van der Waals surface area contributed by atoms with Crippen LogP contribution in [0.1, 0.15) is 55.3 Å². The largest absolute Gasteiger partial charge is 0.504 e. The van der Waals surface area contributed by atoms with Crippen molar-refractivity contribution in [1.29, 1.82) is 0 Å². The van der Waals surface area contributed by atoms with Crippen LogP contribution in [0.5, 0.6) is 11.5 Å². The van der Waals surface area contributed by atoms with Crippen LogP contribution in [-0.4, -0.2) is 28.3 Å². The fourth-order valence-corrected chi connectivity index (χ4v) is 3.63. The maximum absolute atomic E-state index is 10.5. The topological polar surface area (TPSA) is 58.7 Å². The summed E-state index contributed by atoms with van der Waals surface area (Å²) in [5.41, 5.74) is 3.12. The van der Waals surface area contributed by atoms with Gasteiger partial charge in [0.15, 0.2) is 11.5 Å². The van der Waals surface area contributed by atoms with E-state index in [0.29, 0.717) is 24.9 Å². The van der Waals surface area contributed by atoms with Crippen molar-refractivity contribution < 1.29 is 14.4 Å². The van der Waals surface area contributed by atoms with E-state index in [1.54, 1.807) is 0 Å². The smallest absolute Gasteiger partial charge is 0.162 e. The van der Waals surface area contributed by atoms with E-state index in [0.717, 1.165) is 42.8 Å². The lowest BCUT2D eigenvalue weighted by atomic mass is 10.0. The number of nitrogens with zero attached hydrogens (tertiary/aromatic N) is 2. The van der Waals surface area contributed by atoms with Crippen molar-refractivity contribution in [3.8, 4) is 11.5 Å². The van der Waals surface area contributed by atoms with Crippen LogP contribution >= 0.6 is 0 Å². The molecule has 1 atom stereocenters. The molecule has 0 spiro atoms. The number of benzene rings is 1. The number of hydrogen-bond donors (Lipinski definition) is 1. The van der Waals surface area contributed by atoms with E-state index < -0.39 is 0 Å². The molecule has 5 heteroatoms. The number of phenolic OH excluding ortho intramolecular Hbond substituents is 1. The first-order valence-corrected chi connectivity index (χ1v) is 8.78. The van der Waals surface area contributed by atoms with Gasteiger partial charge in [0.1, 0.15) is 5.76 Å². The second-order valence-corrected chi connectivity index (χ2v) is 6.28. The number of likely N-dealkylation sites (tertiary alicyclic amines) is 1. The molecule has 1 N–H and O–H groups in total. The summed E-state index contributed by atoms with van der Waals surface area (Å²) in [5, 5.41) is 14.6. The molecule has 5 nitrogen and oxygen atoms in total. The highest BCUT2D eigenvalue weighted by atomic mass is 16.5. The highest BCUT2D eigenvalue weighted by Gasteiger charge is 2.31. The Balaban J connectivity index is 1.85. The first kappa shape index (κ1) is 16.8. The highest BCUT2D eigenvalue weighted by molar-refractivity contribution is 5.45. The lowest BCUT2D eigenvalue weighted by molar-refractivity contribution is 0.240. The van der Waals surface area contributed by atoms with Gasteiger partial charge in [-0.25, -0.2) is 0 Å². The van der Waals surface area contributed by atoms with Crippen LogP contribution in [0.4, 0.5) is 0 Å². The summed E-state index contributed by atoms with van der Waals surface area (Å²) >= 11 is 0. The van der Waals surface area contributed by atoms with Crippen LogP contribution in [0, 0.1) is 6.92 Å². The molecule has 0 bridgehead atoms. The number of ether oxygens (including phenoxy) is 1. The summed E-state index contributed by atoms with van der Waals surface area (Å²) in [6.45, 7) is 8.29. The van der Waals surface area contributed by atoms with Gasteiger partial charge in [0, 0.05) is 30.1 Å². The van der Waals surface area contributed by atoms with Crippen molar-refractivity contribution in [2.75, 3.05) is 13.2 Å². The lowest BCUT2D eigenvalue weighted by Gasteiger charge is -2.25. The number of aryl methyl sites for hydroxylation is 2. The predicted octanol–water partition coefficient (Wildman–Crippen LogP) is 3.99. The third kappa shape index (κ3) is 3.13. The minimum absolute atomic E-state index is 0.253. The summed E-state index contributed by atoms with van der Waals surface area (Å²) in [5.74, 6) is 1.79. The van der Waals surface area contributed by atoms with Crippen LogP contribution < -0.4 is 4.74 Å². The summed E-state index contributed by atoms with van der Waals surface area (Å²) in [6, 6.07) is 6.02. The molecule has 130 valence electrons. The molecule has 24 heavy (non-hydrogen) atoms. The van der Waals surface area contributed by atoms with Gasteiger partial charge in [-0.15, -0.1) is 0 Å². The zero-order valence-corrected chi connectivity index (χ0v) is 14.7.